The van der Waals surface area contributed by atoms with Gasteiger partial charge in [0.25, 0.3) is 0 Å². The van der Waals surface area contributed by atoms with Crippen molar-refractivity contribution < 1.29 is 4.74 Å². The fraction of sp³-hybridized carbons (Fsp3) is 0.778. The van der Waals surface area contributed by atoms with Crippen molar-refractivity contribution in [1.82, 2.24) is 5.32 Å². The smallest absolute Gasteiger partial charge is 0.0471 e. The van der Waals surface area contributed by atoms with Crippen LogP contribution in [-0.2, 0) is 4.74 Å². The van der Waals surface area contributed by atoms with Crippen LogP contribution in [0.1, 0.15) is 12.8 Å². The van der Waals surface area contributed by atoms with Gasteiger partial charge in [-0.25, -0.2) is 0 Å². The maximum atomic E-state index is 5.27. The first-order chi connectivity index (χ1) is 5.34. The largest absolute Gasteiger partial charge is 0.381 e. The Hall–Kier alpha value is -0.340. The van der Waals surface area contributed by atoms with Crippen LogP contribution >= 0.6 is 0 Å². The predicted octanol–water partition coefficient (Wildman–Crippen LogP) is 1.19. The van der Waals surface area contributed by atoms with Gasteiger partial charge >= 0.3 is 0 Å². The minimum atomic E-state index is 0.691. The summed E-state index contributed by atoms with van der Waals surface area (Å²) >= 11 is 0. The van der Waals surface area contributed by atoms with Crippen molar-refractivity contribution in [1.29, 1.82) is 0 Å². The second kappa shape index (κ2) is 4.52. The zero-order valence-corrected chi connectivity index (χ0v) is 7.23. The molecule has 0 aromatic heterocycles. The maximum Gasteiger partial charge on any atom is 0.0471 e. The van der Waals surface area contributed by atoms with Gasteiger partial charge in [-0.05, 0) is 25.8 Å². The molecule has 1 aliphatic rings. The third-order valence-electron chi connectivity index (χ3n) is 2.20. The van der Waals surface area contributed by atoms with Crippen LogP contribution in [0, 0.1) is 5.92 Å². The number of hydrogen-bond acceptors (Lipinski definition) is 2. The molecule has 0 aromatic rings. The molecule has 1 N–H and O–H groups in total. The Bertz CT molecular complexity index is 128. The van der Waals surface area contributed by atoms with Crippen LogP contribution in [-0.4, -0.2) is 26.8 Å². The molecule has 0 saturated carbocycles. The first-order valence-electron chi connectivity index (χ1n) is 4.24. The van der Waals surface area contributed by atoms with Crippen LogP contribution < -0.4 is 5.32 Å². The average molecular weight is 155 g/mol. The average Bonchev–Trinajstić information content (AvgIpc) is 2.07. The van der Waals surface area contributed by atoms with E-state index in [9.17, 15) is 0 Å². The highest BCUT2D eigenvalue weighted by atomic mass is 16.5. The van der Waals surface area contributed by atoms with E-state index >= 15 is 0 Å². The molecule has 1 saturated heterocycles. The zero-order valence-electron chi connectivity index (χ0n) is 7.23. The highest BCUT2D eigenvalue weighted by Gasteiger charge is 2.15. The van der Waals surface area contributed by atoms with Gasteiger partial charge in [-0.15, -0.1) is 0 Å². The fourth-order valence-electron chi connectivity index (χ4n) is 1.48. The molecule has 0 radical (unpaired) electrons. The van der Waals surface area contributed by atoms with Crippen molar-refractivity contribution in [3.8, 4) is 0 Å². The van der Waals surface area contributed by atoms with Gasteiger partial charge in [0.15, 0.2) is 0 Å². The van der Waals surface area contributed by atoms with Gasteiger partial charge < -0.3 is 10.1 Å². The third kappa shape index (κ3) is 2.64. The van der Waals surface area contributed by atoms with Gasteiger partial charge in [-0.1, -0.05) is 12.2 Å². The lowest BCUT2D eigenvalue weighted by atomic mass is 9.92. The summed E-state index contributed by atoms with van der Waals surface area (Å²) in [6, 6.07) is 0. The molecule has 1 rings (SSSR count). The Labute approximate surface area is 68.6 Å². The Morgan fingerprint density at radius 1 is 1.55 bits per heavy atom. The van der Waals surface area contributed by atoms with E-state index in [1.54, 1.807) is 0 Å². The first-order valence-corrected chi connectivity index (χ1v) is 4.24. The summed E-state index contributed by atoms with van der Waals surface area (Å²) in [7, 11) is 1.96. The van der Waals surface area contributed by atoms with E-state index in [4.69, 9.17) is 4.74 Å². The lowest BCUT2D eigenvalue weighted by Crippen LogP contribution is -2.22. The van der Waals surface area contributed by atoms with Crippen LogP contribution in [0.2, 0.25) is 0 Å². The van der Waals surface area contributed by atoms with E-state index < -0.39 is 0 Å². The molecule has 0 spiro atoms. The normalized spacial score (nSPS) is 20.1. The Kier molecular flexibility index (Phi) is 3.60. The molecule has 2 heteroatoms. The van der Waals surface area contributed by atoms with Gasteiger partial charge in [0.05, 0.1) is 0 Å². The molecule has 0 unspecified atom stereocenters. The number of rotatable bonds is 3. The molecular weight excluding hydrogens is 138 g/mol. The van der Waals surface area contributed by atoms with Crippen LogP contribution in [0.5, 0.6) is 0 Å². The Morgan fingerprint density at radius 2 is 2.18 bits per heavy atom. The van der Waals surface area contributed by atoms with E-state index in [1.165, 1.54) is 5.57 Å². The van der Waals surface area contributed by atoms with E-state index in [-0.39, 0.29) is 0 Å². The summed E-state index contributed by atoms with van der Waals surface area (Å²) in [5, 5.41) is 3.12. The molecule has 1 fully saturated rings. The standard InChI is InChI=1S/C9H17NO/c1-8(7-10-2)9-3-5-11-6-4-9/h9-10H,1,3-7H2,2H3. The van der Waals surface area contributed by atoms with E-state index in [0.29, 0.717) is 5.92 Å². The second-order valence-corrected chi connectivity index (χ2v) is 3.08. The van der Waals surface area contributed by atoms with E-state index in [2.05, 4.69) is 11.9 Å². The summed E-state index contributed by atoms with van der Waals surface area (Å²) in [4.78, 5) is 0. The van der Waals surface area contributed by atoms with Gasteiger partial charge in [-0.2, -0.15) is 0 Å². The number of hydrogen-bond donors (Lipinski definition) is 1. The molecule has 1 heterocycles. The van der Waals surface area contributed by atoms with Gasteiger partial charge in [0.1, 0.15) is 0 Å². The number of ether oxygens (including phenoxy) is 1. The first kappa shape index (κ1) is 8.75. The number of likely N-dealkylation sites (N-methyl/N-ethyl adjacent to an activating group) is 1. The summed E-state index contributed by atoms with van der Waals surface area (Å²) < 4.78 is 5.27. The fourth-order valence-corrected chi connectivity index (χ4v) is 1.48. The third-order valence-corrected chi connectivity index (χ3v) is 2.20. The van der Waals surface area contributed by atoms with Crippen LogP contribution in [0.4, 0.5) is 0 Å². The quantitative estimate of drug-likeness (QED) is 0.618. The molecular formula is C9H17NO. The topological polar surface area (TPSA) is 21.3 Å². The van der Waals surface area contributed by atoms with Gasteiger partial charge in [-0.3, -0.25) is 0 Å². The van der Waals surface area contributed by atoms with Crippen molar-refractivity contribution >= 4 is 0 Å². The Morgan fingerprint density at radius 3 is 2.73 bits per heavy atom. The van der Waals surface area contributed by atoms with E-state index in [0.717, 1.165) is 32.6 Å². The molecule has 0 aromatic carbocycles. The van der Waals surface area contributed by atoms with Crippen molar-refractivity contribution in [2.75, 3.05) is 26.8 Å². The highest BCUT2D eigenvalue weighted by Crippen LogP contribution is 2.20. The van der Waals surface area contributed by atoms with Crippen molar-refractivity contribution in [2.24, 2.45) is 5.92 Å². The second-order valence-electron chi connectivity index (χ2n) is 3.08. The SMILES string of the molecule is C=C(CNC)C1CCOCC1. The van der Waals surface area contributed by atoms with Gasteiger partial charge in [0.2, 0.25) is 0 Å². The molecule has 1 aliphatic heterocycles. The monoisotopic (exact) mass is 155 g/mol. The molecule has 11 heavy (non-hydrogen) atoms. The van der Waals surface area contributed by atoms with Crippen LogP contribution in [0.3, 0.4) is 0 Å². The van der Waals surface area contributed by atoms with Crippen molar-refractivity contribution in [2.45, 2.75) is 12.8 Å². The Balaban J connectivity index is 2.27. The minimum Gasteiger partial charge on any atom is -0.381 e. The molecule has 0 amide bonds. The van der Waals surface area contributed by atoms with Crippen LogP contribution in [0.15, 0.2) is 12.2 Å². The predicted molar refractivity (Wildman–Crippen MR) is 46.6 cm³/mol. The summed E-state index contributed by atoms with van der Waals surface area (Å²) in [6.07, 6.45) is 2.31. The summed E-state index contributed by atoms with van der Waals surface area (Å²) in [5.74, 6) is 0.691. The highest BCUT2D eigenvalue weighted by molar-refractivity contribution is 5.03. The summed E-state index contributed by atoms with van der Waals surface area (Å²) in [6.45, 7) is 6.82. The molecule has 0 aliphatic carbocycles. The lowest BCUT2D eigenvalue weighted by molar-refractivity contribution is 0.0754. The van der Waals surface area contributed by atoms with Crippen molar-refractivity contribution in [3.63, 3.8) is 0 Å². The maximum absolute atomic E-state index is 5.27. The lowest BCUT2D eigenvalue weighted by Gasteiger charge is -2.23. The van der Waals surface area contributed by atoms with Crippen molar-refractivity contribution in [3.05, 3.63) is 12.2 Å². The number of nitrogens with one attached hydrogen (secondary N) is 1. The minimum absolute atomic E-state index is 0.691. The molecule has 2 nitrogen and oxygen atoms in total. The molecule has 64 valence electrons. The molecule has 0 bridgehead atoms. The zero-order chi connectivity index (χ0) is 8.10. The van der Waals surface area contributed by atoms with E-state index in [1.807, 2.05) is 7.05 Å². The summed E-state index contributed by atoms with van der Waals surface area (Å²) in [5.41, 5.74) is 1.33. The van der Waals surface area contributed by atoms with Crippen LogP contribution in [0.25, 0.3) is 0 Å². The van der Waals surface area contributed by atoms with Gasteiger partial charge in [0, 0.05) is 19.8 Å². The molecule has 0 atom stereocenters.